The van der Waals surface area contributed by atoms with Crippen molar-refractivity contribution >= 4 is 27.7 Å². The summed E-state index contributed by atoms with van der Waals surface area (Å²) in [5.74, 6) is -0.777. The third-order valence-electron chi connectivity index (χ3n) is 4.89. The summed E-state index contributed by atoms with van der Waals surface area (Å²) < 4.78 is 31.9. The fraction of sp³-hybridized carbons (Fsp3) is 0.526. The molecule has 1 fully saturated rings. The Bertz CT molecular complexity index is 889. The Balaban J connectivity index is 1.66. The van der Waals surface area contributed by atoms with Crippen molar-refractivity contribution < 1.29 is 22.7 Å². The Kier molecular flexibility index (Phi) is 6.02. The maximum Gasteiger partial charge on any atom is 0.331 e. The highest BCUT2D eigenvalue weighted by Gasteiger charge is 2.32. The van der Waals surface area contributed by atoms with Gasteiger partial charge in [-0.05, 0) is 38.8 Å². The van der Waals surface area contributed by atoms with Crippen LogP contribution in [0.3, 0.4) is 0 Å². The third-order valence-corrected chi connectivity index (χ3v) is 6.28. The predicted molar refractivity (Wildman–Crippen MR) is 103 cm³/mol. The number of rotatable bonds is 4. The minimum atomic E-state index is -3.67. The van der Waals surface area contributed by atoms with E-state index in [0.717, 1.165) is 25.7 Å². The van der Waals surface area contributed by atoms with E-state index in [-0.39, 0.29) is 16.6 Å². The smallest absolute Gasteiger partial charge is 0.331 e. The lowest BCUT2D eigenvalue weighted by molar-refractivity contribution is -0.159. The SMILES string of the molecule is CC(OC(=O)[C@H](C)N=C1NS(=O)(=O)c2ccccc21)C(=O)N1CCCCCC1. The number of sulfonamides is 1. The maximum absolute atomic E-state index is 12.5. The second-order valence-electron chi connectivity index (χ2n) is 7.07. The second kappa shape index (κ2) is 8.30. The van der Waals surface area contributed by atoms with Crippen LogP contribution in [0.15, 0.2) is 34.2 Å². The van der Waals surface area contributed by atoms with Crippen LogP contribution in [0.25, 0.3) is 0 Å². The van der Waals surface area contributed by atoms with Crippen LogP contribution < -0.4 is 4.72 Å². The first kappa shape index (κ1) is 20.3. The molecule has 0 bridgehead atoms. The molecule has 8 nitrogen and oxygen atoms in total. The van der Waals surface area contributed by atoms with Gasteiger partial charge in [0.25, 0.3) is 15.9 Å². The summed E-state index contributed by atoms with van der Waals surface area (Å²) in [7, 11) is -3.67. The molecular weight excluding hydrogens is 382 g/mol. The van der Waals surface area contributed by atoms with Gasteiger partial charge in [-0.3, -0.25) is 14.5 Å². The molecule has 2 aliphatic heterocycles. The Labute approximate surface area is 165 Å². The molecule has 2 aliphatic rings. The molecule has 28 heavy (non-hydrogen) atoms. The minimum absolute atomic E-state index is 0.103. The lowest BCUT2D eigenvalue weighted by Crippen LogP contribution is -2.41. The molecular formula is C19H25N3O5S. The first-order valence-electron chi connectivity index (χ1n) is 9.49. The number of amides is 1. The number of nitrogens with one attached hydrogen (secondary N) is 1. The highest BCUT2D eigenvalue weighted by Crippen LogP contribution is 2.22. The lowest BCUT2D eigenvalue weighted by Gasteiger charge is -2.24. The minimum Gasteiger partial charge on any atom is -0.451 e. The fourth-order valence-electron chi connectivity index (χ4n) is 3.35. The number of fused-ring (bicyclic) bond motifs is 1. The van der Waals surface area contributed by atoms with Crippen molar-refractivity contribution in [1.82, 2.24) is 9.62 Å². The van der Waals surface area contributed by atoms with Crippen molar-refractivity contribution in [2.45, 2.75) is 56.6 Å². The summed E-state index contributed by atoms with van der Waals surface area (Å²) in [5, 5.41) is 0. The van der Waals surface area contributed by atoms with Gasteiger partial charge in [0.05, 0.1) is 4.90 Å². The highest BCUT2D eigenvalue weighted by molar-refractivity contribution is 7.90. The molecule has 1 amide bonds. The van der Waals surface area contributed by atoms with Crippen molar-refractivity contribution in [3.8, 4) is 0 Å². The van der Waals surface area contributed by atoms with Crippen LogP contribution in [0.4, 0.5) is 0 Å². The number of benzene rings is 1. The average molecular weight is 407 g/mol. The third kappa shape index (κ3) is 4.35. The molecule has 0 saturated carbocycles. The Morgan fingerprint density at radius 2 is 1.75 bits per heavy atom. The van der Waals surface area contributed by atoms with Gasteiger partial charge in [0.15, 0.2) is 6.10 Å². The summed E-state index contributed by atoms with van der Waals surface area (Å²) in [4.78, 5) is 31.0. The van der Waals surface area contributed by atoms with Gasteiger partial charge in [-0.25, -0.2) is 13.2 Å². The molecule has 2 atom stereocenters. The van der Waals surface area contributed by atoms with Crippen molar-refractivity contribution in [2.75, 3.05) is 13.1 Å². The van der Waals surface area contributed by atoms with Gasteiger partial charge < -0.3 is 9.64 Å². The monoisotopic (exact) mass is 407 g/mol. The normalized spacial score (nSPS) is 21.9. The van der Waals surface area contributed by atoms with Crippen molar-refractivity contribution in [1.29, 1.82) is 0 Å². The van der Waals surface area contributed by atoms with Crippen LogP contribution in [0.1, 0.15) is 45.1 Å². The van der Waals surface area contributed by atoms with Gasteiger partial charge in [0.2, 0.25) is 0 Å². The van der Waals surface area contributed by atoms with Gasteiger partial charge in [-0.15, -0.1) is 0 Å². The number of carbonyl (C=O) groups excluding carboxylic acids is 2. The first-order valence-corrected chi connectivity index (χ1v) is 11.0. The molecule has 0 radical (unpaired) electrons. The molecule has 2 heterocycles. The average Bonchev–Trinajstić information content (AvgIpc) is 2.85. The molecule has 0 aromatic heterocycles. The van der Waals surface area contributed by atoms with E-state index < -0.39 is 28.1 Å². The van der Waals surface area contributed by atoms with Crippen LogP contribution in [0.2, 0.25) is 0 Å². The van der Waals surface area contributed by atoms with E-state index in [9.17, 15) is 18.0 Å². The van der Waals surface area contributed by atoms with E-state index in [1.54, 1.807) is 30.0 Å². The van der Waals surface area contributed by atoms with E-state index in [0.29, 0.717) is 18.7 Å². The fourth-order valence-corrected chi connectivity index (χ4v) is 4.59. The summed E-state index contributed by atoms with van der Waals surface area (Å²) in [6, 6.07) is 5.46. The molecule has 1 unspecified atom stereocenters. The van der Waals surface area contributed by atoms with E-state index in [2.05, 4.69) is 9.71 Å². The first-order chi connectivity index (χ1) is 13.3. The van der Waals surface area contributed by atoms with Gasteiger partial charge in [-0.1, -0.05) is 25.0 Å². The van der Waals surface area contributed by atoms with Crippen molar-refractivity contribution in [2.24, 2.45) is 4.99 Å². The largest absolute Gasteiger partial charge is 0.451 e. The number of amidine groups is 1. The molecule has 9 heteroatoms. The zero-order chi connectivity index (χ0) is 20.3. The zero-order valence-corrected chi connectivity index (χ0v) is 16.9. The number of hydrogen-bond acceptors (Lipinski definition) is 6. The zero-order valence-electron chi connectivity index (χ0n) is 16.1. The number of hydrogen-bond donors (Lipinski definition) is 1. The van der Waals surface area contributed by atoms with Gasteiger partial charge in [0.1, 0.15) is 11.9 Å². The summed E-state index contributed by atoms with van der Waals surface area (Å²) >= 11 is 0. The molecule has 1 aromatic carbocycles. The lowest BCUT2D eigenvalue weighted by atomic mass is 10.2. The molecule has 1 saturated heterocycles. The molecule has 3 rings (SSSR count). The van der Waals surface area contributed by atoms with Crippen LogP contribution in [0, 0.1) is 0 Å². The number of esters is 1. The number of likely N-dealkylation sites (tertiary alicyclic amines) is 1. The van der Waals surface area contributed by atoms with Crippen LogP contribution in [-0.2, 0) is 24.3 Å². The number of nitrogens with zero attached hydrogens (tertiary/aromatic N) is 2. The summed E-state index contributed by atoms with van der Waals surface area (Å²) in [6.45, 7) is 4.42. The van der Waals surface area contributed by atoms with Crippen molar-refractivity contribution in [3.05, 3.63) is 29.8 Å². The Morgan fingerprint density at radius 3 is 2.43 bits per heavy atom. The van der Waals surface area contributed by atoms with E-state index in [1.165, 1.54) is 13.0 Å². The molecule has 152 valence electrons. The van der Waals surface area contributed by atoms with Gasteiger partial charge >= 0.3 is 5.97 Å². The summed E-state index contributed by atoms with van der Waals surface area (Å²) in [5.41, 5.74) is 0.413. The van der Waals surface area contributed by atoms with Crippen LogP contribution >= 0.6 is 0 Å². The van der Waals surface area contributed by atoms with E-state index in [1.807, 2.05) is 0 Å². The van der Waals surface area contributed by atoms with E-state index in [4.69, 9.17) is 4.74 Å². The molecule has 0 aliphatic carbocycles. The number of ether oxygens (including phenoxy) is 1. The van der Waals surface area contributed by atoms with E-state index >= 15 is 0 Å². The maximum atomic E-state index is 12.5. The summed E-state index contributed by atoms with van der Waals surface area (Å²) in [6.07, 6.45) is 3.21. The molecule has 1 N–H and O–H groups in total. The van der Waals surface area contributed by atoms with Gasteiger partial charge in [0, 0.05) is 18.7 Å². The predicted octanol–water partition coefficient (Wildman–Crippen LogP) is 1.45. The standard InChI is InChI=1S/C19H25N3O5S/c1-13(20-17-15-9-5-6-10-16(15)28(25,26)21-17)19(24)27-14(2)18(23)22-11-7-3-4-8-12-22/h5-6,9-10,13-14H,3-4,7-8,11-12H2,1-2H3,(H,20,21)/t13-,14?/m0/s1. The topological polar surface area (TPSA) is 105 Å². The van der Waals surface area contributed by atoms with Crippen LogP contribution in [-0.4, -0.2) is 56.3 Å². The highest BCUT2D eigenvalue weighted by atomic mass is 32.2. The molecule has 1 aromatic rings. The number of aliphatic imine (C=N–C) groups is 1. The van der Waals surface area contributed by atoms with Gasteiger partial charge in [-0.2, -0.15) is 0 Å². The Hall–Kier alpha value is -2.42. The second-order valence-corrected chi connectivity index (χ2v) is 8.72. The van der Waals surface area contributed by atoms with Crippen molar-refractivity contribution in [3.63, 3.8) is 0 Å². The quantitative estimate of drug-likeness (QED) is 0.761. The molecule has 0 spiro atoms. The van der Waals surface area contributed by atoms with Crippen LogP contribution in [0.5, 0.6) is 0 Å². The number of carbonyl (C=O) groups is 2. The Morgan fingerprint density at radius 1 is 1.11 bits per heavy atom.